The predicted octanol–water partition coefficient (Wildman–Crippen LogP) is 2.85. The van der Waals surface area contributed by atoms with Gasteiger partial charge in [0, 0.05) is 40.2 Å². The van der Waals surface area contributed by atoms with E-state index in [0.717, 1.165) is 0 Å². The number of hydrogen-bond donors (Lipinski definition) is 1. The standard InChI is InChI=1S/C17H10N2O2/c20-15-10-4-1-2-5-11(10)16(21)14-12(15)6-3-7-13(14)17-18-8-9-19-17/h1-9H,(H,18,19). The van der Waals surface area contributed by atoms with Crippen molar-refractivity contribution in [3.63, 3.8) is 0 Å². The van der Waals surface area contributed by atoms with Gasteiger partial charge in [0.15, 0.2) is 11.6 Å². The van der Waals surface area contributed by atoms with Crippen LogP contribution in [0.25, 0.3) is 11.4 Å². The first-order valence-corrected chi connectivity index (χ1v) is 6.58. The molecule has 1 aliphatic rings. The maximum atomic E-state index is 12.8. The zero-order valence-electron chi connectivity index (χ0n) is 11.0. The monoisotopic (exact) mass is 274 g/mol. The van der Waals surface area contributed by atoms with E-state index >= 15 is 0 Å². The molecule has 3 aromatic rings. The van der Waals surface area contributed by atoms with Crippen LogP contribution in [0.1, 0.15) is 31.8 Å². The fourth-order valence-corrected chi connectivity index (χ4v) is 2.75. The van der Waals surface area contributed by atoms with Crippen molar-refractivity contribution in [2.24, 2.45) is 0 Å². The van der Waals surface area contributed by atoms with Gasteiger partial charge >= 0.3 is 0 Å². The molecule has 1 N–H and O–H groups in total. The Morgan fingerprint density at radius 1 is 0.762 bits per heavy atom. The van der Waals surface area contributed by atoms with E-state index in [-0.39, 0.29) is 11.6 Å². The highest BCUT2D eigenvalue weighted by Crippen LogP contribution is 2.32. The van der Waals surface area contributed by atoms with Crippen molar-refractivity contribution in [1.82, 2.24) is 9.97 Å². The molecule has 0 saturated carbocycles. The maximum absolute atomic E-state index is 12.8. The first-order valence-electron chi connectivity index (χ1n) is 6.58. The summed E-state index contributed by atoms with van der Waals surface area (Å²) in [5.41, 5.74) is 2.44. The van der Waals surface area contributed by atoms with Crippen LogP contribution in [0.3, 0.4) is 0 Å². The number of benzene rings is 2. The smallest absolute Gasteiger partial charge is 0.195 e. The second-order valence-electron chi connectivity index (χ2n) is 4.87. The van der Waals surface area contributed by atoms with Crippen LogP contribution in [0.15, 0.2) is 54.9 Å². The number of hydrogen-bond acceptors (Lipinski definition) is 3. The maximum Gasteiger partial charge on any atom is 0.195 e. The fourth-order valence-electron chi connectivity index (χ4n) is 2.75. The van der Waals surface area contributed by atoms with Crippen LogP contribution in [0, 0.1) is 0 Å². The SMILES string of the molecule is O=C1c2ccccc2C(=O)c2c1cccc2-c1ncc[nH]1. The third-order valence-electron chi connectivity index (χ3n) is 3.71. The minimum atomic E-state index is -0.132. The fraction of sp³-hybridized carbons (Fsp3) is 0. The lowest BCUT2D eigenvalue weighted by Crippen LogP contribution is -2.21. The number of nitrogens with zero attached hydrogens (tertiary/aromatic N) is 1. The van der Waals surface area contributed by atoms with E-state index in [1.807, 2.05) is 0 Å². The van der Waals surface area contributed by atoms with Crippen molar-refractivity contribution in [3.8, 4) is 11.4 Å². The Morgan fingerprint density at radius 3 is 2.14 bits per heavy atom. The summed E-state index contributed by atoms with van der Waals surface area (Å²) in [6.07, 6.45) is 3.32. The Bertz CT molecular complexity index is 880. The van der Waals surface area contributed by atoms with Gasteiger partial charge in [-0.15, -0.1) is 0 Å². The van der Waals surface area contributed by atoms with Crippen LogP contribution < -0.4 is 0 Å². The van der Waals surface area contributed by atoms with E-state index in [1.165, 1.54) is 0 Å². The molecule has 21 heavy (non-hydrogen) atoms. The number of nitrogens with one attached hydrogen (secondary N) is 1. The number of H-pyrrole nitrogens is 1. The van der Waals surface area contributed by atoms with Crippen LogP contribution in [0.5, 0.6) is 0 Å². The topological polar surface area (TPSA) is 62.8 Å². The van der Waals surface area contributed by atoms with Crippen LogP contribution in [0.4, 0.5) is 0 Å². The second-order valence-corrected chi connectivity index (χ2v) is 4.87. The van der Waals surface area contributed by atoms with Crippen LogP contribution in [-0.2, 0) is 0 Å². The first-order chi connectivity index (χ1) is 10.3. The average Bonchev–Trinajstić information content (AvgIpc) is 3.06. The van der Waals surface area contributed by atoms with Gasteiger partial charge in [0.1, 0.15) is 5.82 Å². The molecule has 4 heteroatoms. The zero-order chi connectivity index (χ0) is 14.4. The van der Waals surface area contributed by atoms with E-state index in [0.29, 0.717) is 33.6 Å². The molecule has 0 amide bonds. The van der Waals surface area contributed by atoms with Gasteiger partial charge in [0.25, 0.3) is 0 Å². The van der Waals surface area contributed by atoms with Gasteiger partial charge < -0.3 is 4.98 Å². The predicted molar refractivity (Wildman–Crippen MR) is 77.3 cm³/mol. The summed E-state index contributed by atoms with van der Waals surface area (Å²) in [5.74, 6) is 0.341. The summed E-state index contributed by atoms with van der Waals surface area (Å²) in [6, 6.07) is 12.2. The molecule has 0 radical (unpaired) electrons. The molecule has 0 fully saturated rings. The van der Waals surface area contributed by atoms with E-state index in [2.05, 4.69) is 9.97 Å². The van der Waals surface area contributed by atoms with Crippen molar-refractivity contribution in [2.45, 2.75) is 0 Å². The summed E-state index contributed by atoms with van der Waals surface area (Å²) in [5, 5.41) is 0. The molecular formula is C17H10N2O2. The highest BCUT2D eigenvalue weighted by Gasteiger charge is 2.31. The van der Waals surface area contributed by atoms with Crippen molar-refractivity contribution in [2.75, 3.05) is 0 Å². The molecule has 2 aromatic carbocycles. The summed E-state index contributed by atoms with van der Waals surface area (Å²) < 4.78 is 0. The number of carbonyl (C=O) groups is 2. The Balaban J connectivity index is 2.04. The van der Waals surface area contributed by atoms with Gasteiger partial charge in [-0.1, -0.05) is 42.5 Å². The van der Waals surface area contributed by atoms with Gasteiger partial charge in [-0.3, -0.25) is 9.59 Å². The number of fused-ring (bicyclic) bond motifs is 2. The van der Waals surface area contributed by atoms with Crippen molar-refractivity contribution >= 4 is 11.6 Å². The summed E-state index contributed by atoms with van der Waals surface area (Å²) in [4.78, 5) is 32.5. The quantitative estimate of drug-likeness (QED) is 0.580. The lowest BCUT2D eigenvalue weighted by Gasteiger charge is -2.19. The van der Waals surface area contributed by atoms with Gasteiger partial charge in [-0.25, -0.2) is 4.98 Å². The molecular weight excluding hydrogens is 264 g/mol. The first kappa shape index (κ1) is 11.8. The molecule has 0 bridgehead atoms. The molecule has 0 unspecified atom stereocenters. The minimum Gasteiger partial charge on any atom is -0.345 e. The summed E-state index contributed by atoms with van der Waals surface area (Å²) >= 11 is 0. The second kappa shape index (κ2) is 4.24. The van der Waals surface area contributed by atoms with Gasteiger partial charge in [-0.2, -0.15) is 0 Å². The van der Waals surface area contributed by atoms with Gasteiger partial charge in [-0.05, 0) is 0 Å². The van der Waals surface area contributed by atoms with Crippen LogP contribution in [-0.4, -0.2) is 21.5 Å². The molecule has 0 aliphatic heterocycles. The number of rotatable bonds is 1. The minimum absolute atomic E-state index is 0.117. The lowest BCUT2D eigenvalue weighted by atomic mass is 9.82. The molecule has 1 aliphatic carbocycles. The molecule has 4 rings (SSSR count). The number of ketones is 2. The Kier molecular flexibility index (Phi) is 2.38. The highest BCUT2D eigenvalue weighted by molar-refractivity contribution is 6.30. The normalized spacial score (nSPS) is 13.0. The third-order valence-corrected chi connectivity index (χ3v) is 3.71. The molecule has 4 nitrogen and oxygen atoms in total. The zero-order valence-corrected chi connectivity index (χ0v) is 11.0. The van der Waals surface area contributed by atoms with Crippen LogP contribution in [0.2, 0.25) is 0 Å². The van der Waals surface area contributed by atoms with Crippen LogP contribution >= 0.6 is 0 Å². The molecule has 0 spiro atoms. The summed E-state index contributed by atoms with van der Waals surface area (Å²) in [7, 11) is 0. The van der Waals surface area contributed by atoms with E-state index in [4.69, 9.17) is 0 Å². The molecule has 0 atom stereocenters. The van der Waals surface area contributed by atoms with E-state index in [1.54, 1.807) is 54.9 Å². The van der Waals surface area contributed by atoms with Gasteiger partial charge in [0.05, 0.1) is 0 Å². The van der Waals surface area contributed by atoms with E-state index in [9.17, 15) is 9.59 Å². The summed E-state index contributed by atoms with van der Waals surface area (Å²) in [6.45, 7) is 0. The largest absolute Gasteiger partial charge is 0.345 e. The van der Waals surface area contributed by atoms with Gasteiger partial charge in [0.2, 0.25) is 0 Å². The Labute approximate surface area is 120 Å². The third kappa shape index (κ3) is 1.59. The Morgan fingerprint density at radius 2 is 1.43 bits per heavy atom. The number of imidazole rings is 1. The average molecular weight is 274 g/mol. The number of aromatic nitrogens is 2. The highest BCUT2D eigenvalue weighted by atomic mass is 16.1. The Hall–Kier alpha value is -3.01. The molecule has 1 heterocycles. The van der Waals surface area contributed by atoms with Crippen molar-refractivity contribution < 1.29 is 9.59 Å². The molecule has 1 aromatic heterocycles. The van der Waals surface area contributed by atoms with Crippen molar-refractivity contribution in [3.05, 3.63) is 77.1 Å². The number of aromatic amines is 1. The molecule has 0 saturated heterocycles. The molecule has 100 valence electrons. The number of carbonyl (C=O) groups excluding carboxylic acids is 2. The lowest BCUT2D eigenvalue weighted by molar-refractivity contribution is 0.0979. The van der Waals surface area contributed by atoms with Crippen molar-refractivity contribution in [1.29, 1.82) is 0 Å². The van der Waals surface area contributed by atoms with E-state index < -0.39 is 0 Å².